The van der Waals surface area contributed by atoms with Gasteiger partial charge in [-0.2, -0.15) is 0 Å². The van der Waals surface area contributed by atoms with Crippen LogP contribution in [0.3, 0.4) is 0 Å². The molecule has 2 rings (SSSR count). The molecule has 18 heavy (non-hydrogen) atoms. The first-order valence-corrected chi connectivity index (χ1v) is 7.03. The zero-order valence-electron chi connectivity index (χ0n) is 10.6. The van der Waals surface area contributed by atoms with E-state index in [1.54, 1.807) is 6.92 Å². The monoisotopic (exact) mass is 306 g/mol. The van der Waals surface area contributed by atoms with Gasteiger partial charge in [0.15, 0.2) is 0 Å². The van der Waals surface area contributed by atoms with Crippen LogP contribution in [-0.2, 0) is 6.42 Å². The standard InChI is InChI=1S/C16H16BrF/c1-3-12-6-4-5-7-14(12)16(17)13-8-9-15(18)11(2)10-13/h4-10,16H,3H2,1-2H3. The Kier molecular flexibility index (Phi) is 4.18. The minimum atomic E-state index is -0.151. The summed E-state index contributed by atoms with van der Waals surface area (Å²) in [6, 6.07) is 13.6. The third-order valence-electron chi connectivity index (χ3n) is 3.18. The maximum absolute atomic E-state index is 13.3. The molecule has 2 aromatic rings. The summed E-state index contributed by atoms with van der Waals surface area (Å²) in [4.78, 5) is 0.118. The quantitative estimate of drug-likeness (QED) is 0.685. The van der Waals surface area contributed by atoms with Crippen LogP contribution in [0.25, 0.3) is 0 Å². The van der Waals surface area contributed by atoms with E-state index < -0.39 is 0 Å². The molecule has 0 spiro atoms. The fourth-order valence-electron chi connectivity index (χ4n) is 2.11. The maximum atomic E-state index is 13.3. The predicted molar refractivity (Wildman–Crippen MR) is 77.7 cm³/mol. The molecule has 1 unspecified atom stereocenters. The Balaban J connectivity index is 2.41. The number of hydrogen-bond acceptors (Lipinski definition) is 0. The lowest BCUT2D eigenvalue weighted by Crippen LogP contribution is -1.98. The van der Waals surface area contributed by atoms with Crippen LogP contribution in [0, 0.1) is 12.7 Å². The first kappa shape index (κ1) is 13.3. The van der Waals surface area contributed by atoms with Gasteiger partial charge >= 0.3 is 0 Å². The van der Waals surface area contributed by atoms with Crippen molar-refractivity contribution < 1.29 is 4.39 Å². The summed E-state index contributed by atoms with van der Waals surface area (Å²) in [7, 11) is 0. The molecule has 0 fully saturated rings. The lowest BCUT2D eigenvalue weighted by molar-refractivity contribution is 0.617. The molecule has 0 radical (unpaired) electrons. The van der Waals surface area contributed by atoms with Gasteiger partial charge in [0.25, 0.3) is 0 Å². The van der Waals surface area contributed by atoms with Crippen LogP contribution < -0.4 is 0 Å². The van der Waals surface area contributed by atoms with Crippen molar-refractivity contribution >= 4 is 15.9 Å². The number of rotatable bonds is 3. The Bertz CT molecular complexity index is 549. The van der Waals surface area contributed by atoms with Gasteiger partial charge < -0.3 is 0 Å². The van der Waals surface area contributed by atoms with Gasteiger partial charge in [0.2, 0.25) is 0 Å². The van der Waals surface area contributed by atoms with Crippen LogP contribution in [0.1, 0.15) is 34.0 Å². The van der Waals surface area contributed by atoms with Gasteiger partial charge in [-0.3, -0.25) is 0 Å². The Morgan fingerprint density at radius 1 is 1.17 bits per heavy atom. The molecule has 0 aliphatic heterocycles. The van der Waals surface area contributed by atoms with Crippen molar-refractivity contribution in [3.05, 3.63) is 70.5 Å². The van der Waals surface area contributed by atoms with Crippen molar-refractivity contribution in [2.24, 2.45) is 0 Å². The summed E-state index contributed by atoms with van der Waals surface area (Å²) in [5.41, 5.74) is 4.35. The van der Waals surface area contributed by atoms with Crippen molar-refractivity contribution in [2.75, 3.05) is 0 Å². The Hall–Kier alpha value is -1.15. The molecule has 0 amide bonds. The highest BCUT2D eigenvalue weighted by atomic mass is 79.9. The van der Waals surface area contributed by atoms with E-state index in [9.17, 15) is 4.39 Å². The Morgan fingerprint density at radius 3 is 2.56 bits per heavy atom. The van der Waals surface area contributed by atoms with Crippen molar-refractivity contribution in [3.8, 4) is 0 Å². The fraction of sp³-hybridized carbons (Fsp3) is 0.250. The third-order valence-corrected chi connectivity index (χ3v) is 4.21. The molecule has 0 saturated carbocycles. The van der Waals surface area contributed by atoms with Crippen LogP contribution in [0.2, 0.25) is 0 Å². The number of alkyl halides is 1. The highest BCUT2D eigenvalue weighted by Crippen LogP contribution is 2.33. The molecule has 0 aliphatic carbocycles. The van der Waals surface area contributed by atoms with E-state index in [1.807, 2.05) is 18.2 Å². The molecule has 0 bridgehead atoms. The summed E-state index contributed by atoms with van der Waals surface area (Å²) in [6.45, 7) is 3.94. The topological polar surface area (TPSA) is 0 Å². The van der Waals surface area contributed by atoms with E-state index in [1.165, 1.54) is 17.2 Å². The smallest absolute Gasteiger partial charge is 0.126 e. The maximum Gasteiger partial charge on any atom is 0.126 e. The van der Waals surface area contributed by atoms with Gasteiger partial charge in [-0.1, -0.05) is 59.3 Å². The van der Waals surface area contributed by atoms with Gasteiger partial charge in [-0.15, -0.1) is 0 Å². The summed E-state index contributed by atoms with van der Waals surface area (Å²) < 4.78 is 13.3. The van der Waals surface area contributed by atoms with E-state index in [0.29, 0.717) is 5.56 Å². The first-order valence-electron chi connectivity index (χ1n) is 6.11. The van der Waals surface area contributed by atoms with E-state index in [2.05, 4.69) is 41.1 Å². The SMILES string of the molecule is CCc1ccccc1C(Br)c1ccc(F)c(C)c1. The van der Waals surface area contributed by atoms with Gasteiger partial charge in [0.1, 0.15) is 5.82 Å². The lowest BCUT2D eigenvalue weighted by Gasteiger charge is -2.15. The average molecular weight is 307 g/mol. The zero-order valence-corrected chi connectivity index (χ0v) is 12.2. The van der Waals surface area contributed by atoms with E-state index >= 15 is 0 Å². The molecule has 94 valence electrons. The van der Waals surface area contributed by atoms with Crippen LogP contribution in [0.5, 0.6) is 0 Å². The Morgan fingerprint density at radius 2 is 1.89 bits per heavy atom. The summed E-state index contributed by atoms with van der Waals surface area (Å²) in [5.74, 6) is -0.151. The summed E-state index contributed by atoms with van der Waals surface area (Å²) >= 11 is 3.72. The minimum Gasteiger partial charge on any atom is -0.207 e. The van der Waals surface area contributed by atoms with Gasteiger partial charge in [0.05, 0.1) is 4.83 Å². The zero-order chi connectivity index (χ0) is 13.1. The molecule has 0 heterocycles. The minimum absolute atomic E-state index is 0.118. The molecule has 2 aromatic carbocycles. The molecule has 0 aromatic heterocycles. The van der Waals surface area contributed by atoms with Crippen LogP contribution in [0.15, 0.2) is 42.5 Å². The molecular weight excluding hydrogens is 291 g/mol. The number of hydrogen-bond donors (Lipinski definition) is 0. The molecule has 2 heteroatoms. The van der Waals surface area contributed by atoms with Crippen molar-refractivity contribution in [2.45, 2.75) is 25.1 Å². The van der Waals surface area contributed by atoms with Crippen molar-refractivity contribution in [1.29, 1.82) is 0 Å². The normalized spacial score (nSPS) is 12.4. The van der Waals surface area contributed by atoms with Crippen molar-refractivity contribution in [1.82, 2.24) is 0 Å². The number of halogens is 2. The number of benzene rings is 2. The second-order valence-electron chi connectivity index (χ2n) is 4.42. The van der Waals surface area contributed by atoms with Crippen molar-refractivity contribution in [3.63, 3.8) is 0 Å². The van der Waals surface area contributed by atoms with E-state index in [0.717, 1.165) is 12.0 Å². The second kappa shape index (κ2) is 5.66. The molecule has 0 N–H and O–H groups in total. The predicted octanol–water partition coefficient (Wildman–Crippen LogP) is 5.18. The van der Waals surface area contributed by atoms with Gasteiger partial charge in [-0.05, 0) is 41.7 Å². The second-order valence-corrected chi connectivity index (χ2v) is 5.34. The number of aryl methyl sites for hydroxylation is 2. The largest absolute Gasteiger partial charge is 0.207 e. The Labute approximate surface area is 116 Å². The molecular formula is C16H16BrF. The van der Waals surface area contributed by atoms with Gasteiger partial charge in [-0.25, -0.2) is 4.39 Å². The molecule has 1 atom stereocenters. The van der Waals surface area contributed by atoms with Crippen LogP contribution >= 0.6 is 15.9 Å². The van der Waals surface area contributed by atoms with Crippen LogP contribution in [0.4, 0.5) is 4.39 Å². The summed E-state index contributed by atoms with van der Waals surface area (Å²) in [6.07, 6.45) is 0.998. The molecule has 0 saturated heterocycles. The van der Waals surface area contributed by atoms with Gasteiger partial charge in [0, 0.05) is 0 Å². The van der Waals surface area contributed by atoms with E-state index in [-0.39, 0.29) is 10.6 Å². The molecule has 0 aliphatic rings. The highest BCUT2D eigenvalue weighted by Gasteiger charge is 2.14. The molecule has 0 nitrogen and oxygen atoms in total. The van der Waals surface area contributed by atoms with Crippen LogP contribution in [-0.4, -0.2) is 0 Å². The fourth-order valence-corrected chi connectivity index (χ4v) is 2.84. The summed E-state index contributed by atoms with van der Waals surface area (Å²) in [5, 5.41) is 0. The highest BCUT2D eigenvalue weighted by molar-refractivity contribution is 9.09. The first-order chi connectivity index (χ1) is 8.63. The lowest BCUT2D eigenvalue weighted by atomic mass is 9.97. The average Bonchev–Trinajstić information content (AvgIpc) is 2.41. The van der Waals surface area contributed by atoms with E-state index in [4.69, 9.17) is 0 Å². The third kappa shape index (κ3) is 2.64.